The fraction of sp³-hybridized carbons (Fsp3) is 0.737. The summed E-state index contributed by atoms with van der Waals surface area (Å²) in [7, 11) is 2.28. The number of hydrogen-bond acceptors (Lipinski definition) is 2. The molecular weight excluding hydrogens is 318 g/mol. The minimum atomic E-state index is 0.200. The lowest BCUT2D eigenvalue weighted by Crippen LogP contribution is -3.27. The zero-order valence-electron chi connectivity index (χ0n) is 15.1. The van der Waals surface area contributed by atoms with Crippen LogP contribution in [0, 0.1) is 5.92 Å². The van der Waals surface area contributed by atoms with E-state index in [2.05, 4.69) is 36.8 Å². The highest BCUT2D eigenvalue weighted by molar-refractivity contribution is 7.10. The number of carbonyl (C=O) groups excluding carboxylic acids is 1. The third kappa shape index (κ3) is 4.38. The highest BCUT2D eigenvalue weighted by Crippen LogP contribution is 2.25. The molecule has 1 aliphatic heterocycles. The fourth-order valence-electron chi connectivity index (χ4n) is 4.37. The minimum Gasteiger partial charge on any atom is -0.347 e. The van der Waals surface area contributed by atoms with Gasteiger partial charge in [-0.25, -0.2) is 0 Å². The molecule has 3 N–H and O–H groups in total. The quantitative estimate of drug-likeness (QED) is 0.701. The standard InChI is InChI=1S/C19H31N3OS/c1-15(20-19(23)16-7-4-3-5-8-16)18(17-9-6-14-24-17)22-12-10-21(2)11-13-22/h6,9,14-16,18H,3-5,7-8,10-13H2,1-2H3,(H,20,23)/p+2/t15-,18-/m1/s1. The van der Waals surface area contributed by atoms with Gasteiger partial charge in [-0.05, 0) is 31.2 Å². The van der Waals surface area contributed by atoms with Gasteiger partial charge in [0.25, 0.3) is 0 Å². The summed E-state index contributed by atoms with van der Waals surface area (Å²) in [4.78, 5) is 17.4. The van der Waals surface area contributed by atoms with Crippen LogP contribution in [0.4, 0.5) is 0 Å². The van der Waals surface area contributed by atoms with Crippen molar-refractivity contribution in [3.63, 3.8) is 0 Å². The van der Waals surface area contributed by atoms with Gasteiger partial charge in [-0.2, -0.15) is 0 Å². The summed E-state index contributed by atoms with van der Waals surface area (Å²) in [6.45, 7) is 7.04. The third-order valence-corrected chi connectivity index (χ3v) is 6.84. The molecule has 0 radical (unpaired) electrons. The van der Waals surface area contributed by atoms with Crippen LogP contribution in [0.25, 0.3) is 0 Å². The van der Waals surface area contributed by atoms with E-state index in [1.54, 1.807) is 9.80 Å². The Morgan fingerprint density at radius 3 is 2.54 bits per heavy atom. The van der Waals surface area contributed by atoms with Gasteiger partial charge in [0.05, 0.1) is 18.0 Å². The lowest BCUT2D eigenvalue weighted by Gasteiger charge is -2.36. The van der Waals surface area contributed by atoms with Crippen LogP contribution in [0.1, 0.15) is 49.9 Å². The lowest BCUT2D eigenvalue weighted by molar-refractivity contribution is -1.02. The molecule has 2 fully saturated rings. The van der Waals surface area contributed by atoms with Gasteiger partial charge in [-0.1, -0.05) is 25.3 Å². The van der Waals surface area contributed by atoms with Gasteiger partial charge in [-0.15, -0.1) is 11.3 Å². The van der Waals surface area contributed by atoms with Crippen molar-refractivity contribution in [2.24, 2.45) is 5.92 Å². The SMILES string of the molecule is C[C@@H](NC(=O)C1CCCCC1)[C@H](c1cccs1)[NH+]1CC[NH+](C)CC1. The van der Waals surface area contributed by atoms with Gasteiger partial charge < -0.3 is 15.1 Å². The first kappa shape index (κ1) is 17.9. The second-order valence-electron chi connectivity index (χ2n) is 7.74. The number of quaternary nitrogens is 2. The summed E-state index contributed by atoms with van der Waals surface area (Å²) in [6.07, 6.45) is 5.88. The summed E-state index contributed by atoms with van der Waals surface area (Å²) >= 11 is 1.84. The Balaban J connectivity index is 1.66. The molecule has 0 spiro atoms. The molecule has 1 saturated carbocycles. The van der Waals surface area contributed by atoms with E-state index in [0.29, 0.717) is 11.9 Å². The minimum absolute atomic E-state index is 0.200. The van der Waals surface area contributed by atoms with E-state index in [4.69, 9.17) is 0 Å². The van der Waals surface area contributed by atoms with E-state index in [0.717, 1.165) is 12.8 Å². The van der Waals surface area contributed by atoms with Crippen LogP contribution in [0.2, 0.25) is 0 Å². The van der Waals surface area contributed by atoms with Gasteiger partial charge in [-0.3, -0.25) is 4.79 Å². The summed E-state index contributed by atoms with van der Waals surface area (Å²) in [6, 6.07) is 4.98. The molecule has 1 aliphatic carbocycles. The van der Waals surface area contributed by atoms with Crippen molar-refractivity contribution >= 4 is 17.2 Å². The van der Waals surface area contributed by atoms with Crippen molar-refractivity contribution in [1.29, 1.82) is 0 Å². The number of nitrogens with one attached hydrogen (secondary N) is 3. The number of hydrogen-bond donors (Lipinski definition) is 3. The third-order valence-electron chi connectivity index (χ3n) is 5.88. The normalized spacial score (nSPS) is 28.2. The van der Waals surface area contributed by atoms with Crippen LogP contribution < -0.4 is 15.1 Å². The Hall–Kier alpha value is -0.910. The van der Waals surface area contributed by atoms with Crippen molar-refractivity contribution in [2.45, 2.75) is 51.1 Å². The van der Waals surface area contributed by atoms with Gasteiger partial charge in [0, 0.05) is 5.92 Å². The Bertz CT molecular complexity index is 505. The number of piperazine rings is 1. The first-order valence-electron chi connectivity index (χ1n) is 9.65. The van der Waals surface area contributed by atoms with Crippen LogP contribution in [-0.4, -0.2) is 45.2 Å². The Morgan fingerprint density at radius 2 is 1.92 bits per heavy atom. The molecule has 0 bridgehead atoms. The van der Waals surface area contributed by atoms with Crippen molar-refractivity contribution in [2.75, 3.05) is 33.2 Å². The maximum atomic E-state index is 12.7. The van der Waals surface area contributed by atoms with Gasteiger partial charge >= 0.3 is 0 Å². The molecule has 0 aromatic carbocycles. The molecule has 4 nitrogen and oxygen atoms in total. The molecule has 5 heteroatoms. The Kier molecular flexibility index (Phi) is 6.31. The first-order chi connectivity index (χ1) is 11.6. The smallest absolute Gasteiger partial charge is 0.223 e. The van der Waals surface area contributed by atoms with Crippen molar-refractivity contribution in [3.05, 3.63) is 22.4 Å². The number of rotatable bonds is 5. The second-order valence-corrected chi connectivity index (χ2v) is 8.72. The molecule has 3 rings (SSSR count). The predicted molar refractivity (Wildman–Crippen MR) is 98.6 cm³/mol. The maximum absolute atomic E-state index is 12.7. The Morgan fingerprint density at radius 1 is 1.21 bits per heavy atom. The molecule has 0 unspecified atom stereocenters. The van der Waals surface area contributed by atoms with E-state index in [-0.39, 0.29) is 12.0 Å². The van der Waals surface area contributed by atoms with Gasteiger partial charge in [0.1, 0.15) is 32.2 Å². The average molecular weight is 352 g/mol. The summed E-state index contributed by atoms with van der Waals surface area (Å²) < 4.78 is 0. The maximum Gasteiger partial charge on any atom is 0.223 e. The number of amides is 1. The van der Waals surface area contributed by atoms with E-state index in [1.165, 1.54) is 50.3 Å². The zero-order valence-corrected chi connectivity index (χ0v) is 16.0. The van der Waals surface area contributed by atoms with Crippen LogP contribution in [0.15, 0.2) is 17.5 Å². The van der Waals surface area contributed by atoms with Crippen molar-refractivity contribution < 1.29 is 14.6 Å². The number of likely N-dealkylation sites (N-methyl/N-ethyl adjacent to an activating group) is 1. The second kappa shape index (κ2) is 8.45. The molecule has 1 aromatic rings. The van der Waals surface area contributed by atoms with Gasteiger partial charge in [0.2, 0.25) is 5.91 Å². The molecule has 2 atom stereocenters. The molecule has 1 aromatic heterocycles. The van der Waals surface area contributed by atoms with Gasteiger partial charge in [0.15, 0.2) is 0 Å². The molecular formula is C19H33N3OS+2. The summed E-state index contributed by atoms with van der Waals surface area (Å²) in [5.74, 6) is 0.542. The van der Waals surface area contributed by atoms with E-state index in [1.807, 2.05) is 11.3 Å². The summed E-state index contributed by atoms with van der Waals surface area (Å²) in [5.41, 5.74) is 0. The molecule has 2 aliphatic rings. The largest absolute Gasteiger partial charge is 0.347 e. The average Bonchev–Trinajstić information content (AvgIpc) is 3.11. The Labute approximate surface area is 150 Å². The highest BCUT2D eigenvalue weighted by atomic mass is 32.1. The number of carbonyl (C=O) groups is 1. The van der Waals surface area contributed by atoms with Crippen LogP contribution in [0.5, 0.6) is 0 Å². The molecule has 2 heterocycles. The molecule has 1 amide bonds. The fourth-order valence-corrected chi connectivity index (χ4v) is 5.36. The summed E-state index contributed by atoms with van der Waals surface area (Å²) in [5, 5.41) is 5.55. The van der Waals surface area contributed by atoms with E-state index < -0.39 is 0 Å². The van der Waals surface area contributed by atoms with Crippen molar-refractivity contribution in [3.8, 4) is 0 Å². The topological polar surface area (TPSA) is 38.0 Å². The van der Waals surface area contributed by atoms with Crippen molar-refractivity contribution in [1.82, 2.24) is 5.32 Å². The lowest BCUT2D eigenvalue weighted by atomic mass is 9.88. The predicted octanol–water partition coefficient (Wildman–Crippen LogP) is 0.287. The monoisotopic (exact) mass is 351 g/mol. The molecule has 24 heavy (non-hydrogen) atoms. The van der Waals surface area contributed by atoms with E-state index in [9.17, 15) is 4.79 Å². The number of thiophene rings is 1. The highest BCUT2D eigenvalue weighted by Gasteiger charge is 2.35. The molecule has 134 valence electrons. The van der Waals surface area contributed by atoms with Crippen LogP contribution in [0.3, 0.4) is 0 Å². The zero-order chi connectivity index (χ0) is 16.9. The van der Waals surface area contributed by atoms with Crippen LogP contribution in [-0.2, 0) is 4.79 Å². The first-order valence-corrected chi connectivity index (χ1v) is 10.5. The molecule has 1 saturated heterocycles. The van der Waals surface area contributed by atoms with Crippen LogP contribution >= 0.6 is 11.3 Å². The van der Waals surface area contributed by atoms with E-state index >= 15 is 0 Å².